The second-order valence-corrected chi connectivity index (χ2v) is 9.49. The van der Waals surface area contributed by atoms with Gasteiger partial charge in [0.05, 0.1) is 4.90 Å². The number of hydrogen-bond acceptors (Lipinski definition) is 5. The SMILES string of the molecule is Cc1ccc(NS(=O)(=O)c2ccc(OCC(=O)NC3CCN(C)CC3)cc2)cc1C. The summed E-state index contributed by atoms with van der Waals surface area (Å²) in [6.45, 7) is 5.75. The molecule has 1 aliphatic rings. The first-order chi connectivity index (χ1) is 14.2. The normalized spacial score (nSPS) is 15.6. The van der Waals surface area contributed by atoms with Gasteiger partial charge in [-0.1, -0.05) is 6.07 Å². The highest BCUT2D eigenvalue weighted by Crippen LogP contribution is 2.21. The second-order valence-electron chi connectivity index (χ2n) is 7.81. The number of aryl methyl sites for hydroxylation is 2. The fourth-order valence-electron chi connectivity index (χ4n) is 3.31. The van der Waals surface area contributed by atoms with Crippen molar-refractivity contribution in [2.24, 2.45) is 0 Å². The van der Waals surface area contributed by atoms with E-state index in [9.17, 15) is 13.2 Å². The van der Waals surface area contributed by atoms with E-state index in [1.807, 2.05) is 19.9 Å². The van der Waals surface area contributed by atoms with Gasteiger partial charge in [-0.05, 0) is 94.4 Å². The largest absolute Gasteiger partial charge is 0.484 e. The van der Waals surface area contributed by atoms with Crippen LogP contribution in [0.1, 0.15) is 24.0 Å². The van der Waals surface area contributed by atoms with E-state index in [1.165, 1.54) is 12.1 Å². The summed E-state index contributed by atoms with van der Waals surface area (Å²) in [6.07, 6.45) is 1.87. The Morgan fingerprint density at radius 2 is 1.73 bits per heavy atom. The standard InChI is InChI=1S/C22H29N3O4S/c1-16-4-5-19(14-17(16)2)24-30(27,28)21-8-6-20(7-9-21)29-15-22(26)23-18-10-12-25(3)13-11-18/h4-9,14,18,24H,10-13,15H2,1-3H3,(H,23,26). The highest BCUT2D eigenvalue weighted by Gasteiger charge is 2.19. The number of carbonyl (C=O) groups is 1. The van der Waals surface area contributed by atoms with Crippen LogP contribution >= 0.6 is 0 Å². The Morgan fingerprint density at radius 1 is 1.07 bits per heavy atom. The number of rotatable bonds is 7. The molecule has 2 aromatic carbocycles. The van der Waals surface area contributed by atoms with E-state index in [-0.39, 0.29) is 23.5 Å². The van der Waals surface area contributed by atoms with Gasteiger partial charge in [0.25, 0.3) is 15.9 Å². The predicted molar refractivity (Wildman–Crippen MR) is 117 cm³/mol. The Hall–Kier alpha value is -2.58. The lowest BCUT2D eigenvalue weighted by molar-refractivity contribution is -0.124. The zero-order valence-electron chi connectivity index (χ0n) is 17.6. The minimum atomic E-state index is -3.70. The minimum Gasteiger partial charge on any atom is -0.484 e. The van der Waals surface area contributed by atoms with Crippen molar-refractivity contribution in [3.05, 3.63) is 53.6 Å². The van der Waals surface area contributed by atoms with Gasteiger partial charge in [-0.25, -0.2) is 8.42 Å². The smallest absolute Gasteiger partial charge is 0.261 e. The molecule has 0 aliphatic carbocycles. The number of amides is 1. The molecule has 1 amide bonds. The van der Waals surface area contributed by atoms with Crippen LogP contribution in [0.25, 0.3) is 0 Å². The zero-order valence-corrected chi connectivity index (χ0v) is 18.5. The van der Waals surface area contributed by atoms with E-state index in [0.717, 1.165) is 37.1 Å². The van der Waals surface area contributed by atoms with Crippen molar-refractivity contribution in [2.75, 3.05) is 31.5 Å². The van der Waals surface area contributed by atoms with Gasteiger partial charge < -0.3 is 15.0 Å². The summed E-state index contributed by atoms with van der Waals surface area (Å²) in [5, 5.41) is 2.98. The highest BCUT2D eigenvalue weighted by molar-refractivity contribution is 7.92. The molecule has 7 nitrogen and oxygen atoms in total. The maximum Gasteiger partial charge on any atom is 0.261 e. The molecule has 1 aliphatic heterocycles. The fraction of sp³-hybridized carbons (Fsp3) is 0.409. The van der Waals surface area contributed by atoms with Crippen LogP contribution in [0.15, 0.2) is 47.4 Å². The minimum absolute atomic E-state index is 0.0979. The third-order valence-electron chi connectivity index (χ3n) is 5.35. The Bertz CT molecular complexity index is 982. The first kappa shape index (κ1) is 22.1. The molecular weight excluding hydrogens is 402 g/mol. The van der Waals surface area contributed by atoms with Gasteiger partial charge in [-0.3, -0.25) is 9.52 Å². The lowest BCUT2D eigenvalue weighted by Crippen LogP contribution is -2.44. The number of nitrogens with zero attached hydrogens (tertiary/aromatic N) is 1. The molecule has 2 N–H and O–H groups in total. The van der Waals surface area contributed by atoms with Gasteiger partial charge >= 0.3 is 0 Å². The Kier molecular flexibility index (Phi) is 6.99. The maximum absolute atomic E-state index is 12.6. The number of likely N-dealkylation sites (tertiary alicyclic amines) is 1. The summed E-state index contributed by atoms with van der Waals surface area (Å²) in [6, 6.07) is 11.6. The fourth-order valence-corrected chi connectivity index (χ4v) is 4.35. The van der Waals surface area contributed by atoms with Crippen molar-refractivity contribution in [3.8, 4) is 5.75 Å². The summed E-state index contributed by atoms with van der Waals surface area (Å²) in [4.78, 5) is 14.5. The molecule has 0 spiro atoms. The average Bonchev–Trinajstić information content (AvgIpc) is 2.71. The van der Waals surface area contributed by atoms with Gasteiger partial charge in [0.2, 0.25) is 0 Å². The number of sulfonamides is 1. The van der Waals surface area contributed by atoms with Crippen molar-refractivity contribution in [2.45, 2.75) is 37.6 Å². The van der Waals surface area contributed by atoms with Gasteiger partial charge in [-0.15, -0.1) is 0 Å². The van der Waals surface area contributed by atoms with E-state index in [1.54, 1.807) is 24.3 Å². The van der Waals surface area contributed by atoms with Crippen LogP contribution in [0, 0.1) is 13.8 Å². The Labute approximate surface area is 178 Å². The number of anilines is 1. The summed E-state index contributed by atoms with van der Waals surface area (Å²) in [5.74, 6) is 0.274. The molecule has 3 rings (SSSR count). The van der Waals surface area contributed by atoms with Crippen molar-refractivity contribution in [3.63, 3.8) is 0 Å². The quantitative estimate of drug-likeness (QED) is 0.704. The number of nitrogens with one attached hydrogen (secondary N) is 2. The van der Waals surface area contributed by atoms with Crippen LogP contribution in [0.2, 0.25) is 0 Å². The van der Waals surface area contributed by atoms with Crippen molar-refractivity contribution in [1.29, 1.82) is 0 Å². The number of hydrogen-bond donors (Lipinski definition) is 2. The molecule has 8 heteroatoms. The molecule has 30 heavy (non-hydrogen) atoms. The third kappa shape index (κ3) is 5.96. The molecule has 0 unspecified atom stereocenters. The van der Waals surface area contributed by atoms with E-state index >= 15 is 0 Å². The average molecular weight is 432 g/mol. The lowest BCUT2D eigenvalue weighted by atomic mass is 10.1. The topological polar surface area (TPSA) is 87.7 Å². The summed E-state index contributed by atoms with van der Waals surface area (Å²) in [5.41, 5.74) is 2.63. The molecule has 1 heterocycles. The summed E-state index contributed by atoms with van der Waals surface area (Å²) in [7, 11) is -1.63. The molecule has 0 saturated carbocycles. The van der Waals surface area contributed by atoms with Crippen LogP contribution < -0.4 is 14.8 Å². The number of ether oxygens (including phenoxy) is 1. The van der Waals surface area contributed by atoms with Crippen LogP contribution in [0.5, 0.6) is 5.75 Å². The Balaban J connectivity index is 1.53. The Morgan fingerprint density at radius 3 is 2.37 bits per heavy atom. The van der Waals surface area contributed by atoms with Crippen LogP contribution in [-0.2, 0) is 14.8 Å². The molecule has 162 valence electrons. The molecular formula is C22H29N3O4S. The first-order valence-corrected chi connectivity index (χ1v) is 11.5. The molecule has 0 bridgehead atoms. The molecule has 1 fully saturated rings. The monoisotopic (exact) mass is 431 g/mol. The molecule has 0 radical (unpaired) electrons. The molecule has 2 aromatic rings. The first-order valence-electron chi connectivity index (χ1n) is 10.0. The molecule has 1 saturated heterocycles. The van der Waals surface area contributed by atoms with Crippen LogP contribution in [-0.4, -0.2) is 52.0 Å². The van der Waals surface area contributed by atoms with E-state index in [2.05, 4.69) is 22.0 Å². The highest BCUT2D eigenvalue weighted by atomic mass is 32.2. The number of benzene rings is 2. The maximum atomic E-state index is 12.6. The van der Waals surface area contributed by atoms with Crippen molar-refractivity contribution >= 4 is 21.6 Å². The van der Waals surface area contributed by atoms with Crippen LogP contribution in [0.3, 0.4) is 0 Å². The van der Waals surface area contributed by atoms with Crippen molar-refractivity contribution in [1.82, 2.24) is 10.2 Å². The number of piperidine rings is 1. The second kappa shape index (κ2) is 9.49. The zero-order chi connectivity index (χ0) is 21.7. The lowest BCUT2D eigenvalue weighted by Gasteiger charge is -2.29. The third-order valence-corrected chi connectivity index (χ3v) is 6.74. The van der Waals surface area contributed by atoms with E-state index in [4.69, 9.17) is 4.74 Å². The number of carbonyl (C=O) groups excluding carboxylic acids is 1. The van der Waals surface area contributed by atoms with Gasteiger partial charge in [-0.2, -0.15) is 0 Å². The van der Waals surface area contributed by atoms with Gasteiger partial charge in [0, 0.05) is 11.7 Å². The van der Waals surface area contributed by atoms with Gasteiger partial charge in [0.1, 0.15) is 5.75 Å². The molecule has 0 atom stereocenters. The summed E-state index contributed by atoms with van der Waals surface area (Å²) < 4.78 is 33.3. The van der Waals surface area contributed by atoms with E-state index < -0.39 is 10.0 Å². The summed E-state index contributed by atoms with van der Waals surface area (Å²) >= 11 is 0. The van der Waals surface area contributed by atoms with Crippen LogP contribution in [0.4, 0.5) is 5.69 Å². The van der Waals surface area contributed by atoms with E-state index in [0.29, 0.717) is 11.4 Å². The predicted octanol–water partition coefficient (Wildman–Crippen LogP) is 2.69. The molecule has 0 aromatic heterocycles. The van der Waals surface area contributed by atoms with Crippen molar-refractivity contribution < 1.29 is 17.9 Å². The van der Waals surface area contributed by atoms with Gasteiger partial charge in [0.15, 0.2) is 6.61 Å².